The highest BCUT2D eigenvalue weighted by Gasteiger charge is 2.22. The van der Waals surface area contributed by atoms with E-state index in [9.17, 15) is 14.3 Å². The van der Waals surface area contributed by atoms with Gasteiger partial charge in [0, 0.05) is 11.6 Å². The smallest absolute Gasteiger partial charge is 0.307 e. The summed E-state index contributed by atoms with van der Waals surface area (Å²) >= 11 is 0. The first kappa shape index (κ1) is 11.9. The third-order valence-corrected chi connectivity index (χ3v) is 2.94. The number of carbonyl (C=O) groups is 1. The second-order valence-electron chi connectivity index (χ2n) is 4.23. The first-order valence-electron chi connectivity index (χ1n) is 5.54. The maximum Gasteiger partial charge on any atom is 0.307 e. The van der Waals surface area contributed by atoms with Crippen LogP contribution in [0.3, 0.4) is 0 Å². The van der Waals surface area contributed by atoms with Gasteiger partial charge in [-0.05, 0) is 37.1 Å². The molecule has 1 atom stereocenters. The molecule has 3 N–H and O–H groups in total. The van der Waals surface area contributed by atoms with E-state index in [1.165, 1.54) is 0 Å². The van der Waals surface area contributed by atoms with Gasteiger partial charge in [0.25, 0.3) is 0 Å². The molecule has 2 rings (SSSR count). The van der Waals surface area contributed by atoms with Crippen LogP contribution < -0.4 is 5.32 Å². The summed E-state index contributed by atoms with van der Waals surface area (Å²) in [5, 5.41) is 21.5. The number of phenolic OH excluding ortho intramolecular Hbond substituents is 1. The van der Waals surface area contributed by atoms with Gasteiger partial charge in [0.05, 0.1) is 6.42 Å². The number of halogens is 1. The van der Waals surface area contributed by atoms with E-state index in [1.807, 2.05) is 0 Å². The molecule has 1 aromatic carbocycles. The van der Waals surface area contributed by atoms with Gasteiger partial charge in [-0.1, -0.05) is 0 Å². The fourth-order valence-electron chi connectivity index (χ4n) is 2.17. The standard InChI is InChI=1S/C12H14FNO3/c13-9-5-7(6-11(15)16)4-8(12(9)17)10-2-1-3-14-10/h4-5,10,14,17H,1-3,6H2,(H,15,16)/t10-/m0/s1. The molecule has 1 aromatic rings. The number of rotatable bonds is 3. The fraction of sp³-hybridized carbons (Fsp3) is 0.417. The molecule has 0 saturated carbocycles. The van der Waals surface area contributed by atoms with Crippen LogP contribution in [0, 0.1) is 5.82 Å². The highest BCUT2D eigenvalue weighted by Crippen LogP contribution is 2.33. The van der Waals surface area contributed by atoms with E-state index in [0.717, 1.165) is 25.5 Å². The molecule has 0 unspecified atom stereocenters. The molecular weight excluding hydrogens is 225 g/mol. The molecule has 4 nitrogen and oxygen atoms in total. The Balaban J connectivity index is 2.35. The van der Waals surface area contributed by atoms with E-state index < -0.39 is 11.8 Å². The molecule has 1 heterocycles. The van der Waals surface area contributed by atoms with Crippen molar-refractivity contribution in [2.45, 2.75) is 25.3 Å². The predicted octanol–water partition coefficient (Wildman–Crippen LogP) is 1.58. The Hall–Kier alpha value is -1.62. The molecule has 0 bridgehead atoms. The van der Waals surface area contributed by atoms with Crippen molar-refractivity contribution < 1.29 is 19.4 Å². The molecule has 0 amide bonds. The Labute approximate surface area is 98.1 Å². The molecule has 1 aliphatic heterocycles. The molecule has 0 radical (unpaired) electrons. The third kappa shape index (κ3) is 2.55. The Bertz CT molecular complexity index is 442. The van der Waals surface area contributed by atoms with Crippen LogP contribution in [0.25, 0.3) is 0 Å². The number of aromatic hydroxyl groups is 1. The van der Waals surface area contributed by atoms with Crippen LogP contribution in [-0.2, 0) is 11.2 Å². The fourth-order valence-corrected chi connectivity index (χ4v) is 2.17. The Morgan fingerprint density at radius 3 is 2.88 bits per heavy atom. The molecule has 0 spiro atoms. The molecular formula is C12H14FNO3. The van der Waals surface area contributed by atoms with Crippen molar-refractivity contribution in [2.75, 3.05) is 6.54 Å². The minimum Gasteiger partial charge on any atom is -0.505 e. The van der Waals surface area contributed by atoms with Gasteiger partial charge in [-0.25, -0.2) is 4.39 Å². The summed E-state index contributed by atoms with van der Waals surface area (Å²) in [4.78, 5) is 10.6. The number of hydrogen-bond donors (Lipinski definition) is 3. The maximum atomic E-state index is 13.5. The lowest BCUT2D eigenvalue weighted by Gasteiger charge is -2.14. The van der Waals surface area contributed by atoms with E-state index in [-0.39, 0.29) is 18.2 Å². The lowest BCUT2D eigenvalue weighted by molar-refractivity contribution is -0.136. The van der Waals surface area contributed by atoms with E-state index >= 15 is 0 Å². The molecule has 1 saturated heterocycles. The normalized spacial score (nSPS) is 19.5. The second kappa shape index (κ2) is 4.71. The summed E-state index contributed by atoms with van der Waals surface area (Å²) in [6.07, 6.45) is 1.55. The molecule has 1 aliphatic rings. The zero-order valence-electron chi connectivity index (χ0n) is 9.24. The summed E-state index contributed by atoms with van der Waals surface area (Å²) in [5.74, 6) is -2.15. The SMILES string of the molecule is O=C(O)Cc1cc(F)c(O)c([C@@H]2CCCN2)c1. The summed E-state index contributed by atoms with van der Waals surface area (Å²) in [6, 6.07) is 2.55. The highest BCUT2D eigenvalue weighted by molar-refractivity contribution is 5.70. The molecule has 5 heteroatoms. The van der Waals surface area contributed by atoms with Crippen molar-refractivity contribution in [3.05, 3.63) is 29.1 Å². The van der Waals surface area contributed by atoms with Crippen LogP contribution in [-0.4, -0.2) is 22.7 Å². The number of aliphatic carboxylic acids is 1. The van der Waals surface area contributed by atoms with Crippen LogP contribution in [0.4, 0.5) is 4.39 Å². The minimum absolute atomic E-state index is 0.0850. The van der Waals surface area contributed by atoms with E-state index in [1.54, 1.807) is 6.07 Å². The van der Waals surface area contributed by atoms with Crippen molar-refractivity contribution in [3.63, 3.8) is 0 Å². The van der Waals surface area contributed by atoms with Gasteiger partial charge in [0.15, 0.2) is 11.6 Å². The average Bonchev–Trinajstić information content (AvgIpc) is 2.75. The molecule has 92 valence electrons. The van der Waals surface area contributed by atoms with Crippen LogP contribution in [0.5, 0.6) is 5.75 Å². The topological polar surface area (TPSA) is 69.6 Å². The van der Waals surface area contributed by atoms with Crippen molar-refractivity contribution >= 4 is 5.97 Å². The maximum absolute atomic E-state index is 13.5. The minimum atomic E-state index is -1.01. The number of hydrogen-bond acceptors (Lipinski definition) is 3. The van der Waals surface area contributed by atoms with Gasteiger partial charge in [-0.3, -0.25) is 4.79 Å². The van der Waals surface area contributed by atoms with Crippen LogP contribution in [0.1, 0.15) is 30.0 Å². The van der Waals surface area contributed by atoms with Crippen molar-refractivity contribution in [1.82, 2.24) is 5.32 Å². The first-order valence-corrected chi connectivity index (χ1v) is 5.54. The second-order valence-corrected chi connectivity index (χ2v) is 4.23. The summed E-state index contributed by atoms with van der Waals surface area (Å²) in [7, 11) is 0. The monoisotopic (exact) mass is 239 g/mol. The molecule has 1 fully saturated rings. The van der Waals surface area contributed by atoms with Gasteiger partial charge in [0.1, 0.15) is 0 Å². The Morgan fingerprint density at radius 1 is 1.53 bits per heavy atom. The zero-order chi connectivity index (χ0) is 12.4. The number of nitrogens with one attached hydrogen (secondary N) is 1. The first-order chi connectivity index (χ1) is 8.08. The van der Waals surface area contributed by atoms with Crippen LogP contribution in [0.2, 0.25) is 0 Å². The largest absolute Gasteiger partial charge is 0.505 e. The van der Waals surface area contributed by atoms with E-state index in [2.05, 4.69) is 5.32 Å². The number of phenols is 1. The average molecular weight is 239 g/mol. The van der Waals surface area contributed by atoms with Gasteiger partial charge in [-0.2, -0.15) is 0 Å². The summed E-state index contributed by atoms with van der Waals surface area (Å²) in [6.45, 7) is 0.828. The molecule has 0 aliphatic carbocycles. The van der Waals surface area contributed by atoms with Crippen LogP contribution in [0.15, 0.2) is 12.1 Å². The number of benzene rings is 1. The Kier molecular flexibility index (Phi) is 3.28. The number of carboxylic acids is 1. The van der Waals surface area contributed by atoms with Gasteiger partial charge in [0.2, 0.25) is 0 Å². The number of carboxylic acid groups (broad SMARTS) is 1. The summed E-state index contributed by atoms with van der Waals surface area (Å²) < 4.78 is 13.5. The lowest BCUT2D eigenvalue weighted by Crippen LogP contribution is -2.14. The molecule has 17 heavy (non-hydrogen) atoms. The highest BCUT2D eigenvalue weighted by atomic mass is 19.1. The van der Waals surface area contributed by atoms with Gasteiger partial charge in [-0.15, -0.1) is 0 Å². The molecule has 0 aromatic heterocycles. The van der Waals surface area contributed by atoms with Crippen LogP contribution >= 0.6 is 0 Å². The van der Waals surface area contributed by atoms with E-state index in [0.29, 0.717) is 11.1 Å². The summed E-state index contributed by atoms with van der Waals surface area (Å²) in [5.41, 5.74) is 0.829. The predicted molar refractivity (Wildman–Crippen MR) is 59.4 cm³/mol. The van der Waals surface area contributed by atoms with Crippen molar-refractivity contribution in [2.24, 2.45) is 0 Å². The van der Waals surface area contributed by atoms with E-state index in [4.69, 9.17) is 5.11 Å². The third-order valence-electron chi connectivity index (χ3n) is 2.94. The van der Waals surface area contributed by atoms with Crippen molar-refractivity contribution in [1.29, 1.82) is 0 Å². The van der Waals surface area contributed by atoms with Gasteiger partial charge >= 0.3 is 5.97 Å². The van der Waals surface area contributed by atoms with Gasteiger partial charge < -0.3 is 15.5 Å². The quantitative estimate of drug-likeness (QED) is 0.749. The Morgan fingerprint density at radius 2 is 2.29 bits per heavy atom. The van der Waals surface area contributed by atoms with Crippen molar-refractivity contribution in [3.8, 4) is 5.75 Å². The lowest BCUT2D eigenvalue weighted by atomic mass is 9.99. The zero-order valence-corrected chi connectivity index (χ0v) is 9.24.